The van der Waals surface area contributed by atoms with Crippen LogP contribution in [-0.4, -0.2) is 50.9 Å². The average molecular weight is 554 g/mol. The number of rotatable bonds is 11. The molecule has 2 N–H and O–H groups in total. The van der Waals surface area contributed by atoms with Crippen LogP contribution in [0, 0.1) is 13.8 Å². The molecule has 10 nitrogen and oxygen atoms in total. The number of methoxy groups -OCH3 is 2. The number of ether oxygens (including phenoxy) is 4. The van der Waals surface area contributed by atoms with Crippen LogP contribution in [0.15, 0.2) is 47.6 Å². The van der Waals surface area contributed by atoms with E-state index in [1.165, 1.54) is 24.7 Å². The molecule has 3 rings (SSSR count). The summed E-state index contributed by atoms with van der Waals surface area (Å²) in [6.45, 7) is 7.25. The summed E-state index contributed by atoms with van der Waals surface area (Å²) in [5, 5.41) is 7.20. The van der Waals surface area contributed by atoms with Gasteiger partial charge in [0.2, 0.25) is 0 Å². The van der Waals surface area contributed by atoms with E-state index in [1.54, 1.807) is 63.4 Å². The molecule has 39 heavy (non-hydrogen) atoms. The molecule has 0 saturated carbocycles. The van der Waals surface area contributed by atoms with E-state index in [0.29, 0.717) is 38.9 Å². The van der Waals surface area contributed by atoms with Crippen molar-refractivity contribution >= 4 is 40.3 Å². The SMILES string of the molecule is CCOC(=O)c1c(NC(=O)c2ccc(O[C@@H](C)C(=O)N/N=C\c3ccc(OC)c(OC)c3)cc2)sc(C)c1C. The molecule has 1 heterocycles. The first-order valence-corrected chi connectivity index (χ1v) is 12.9. The van der Waals surface area contributed by atoms with Gasteiger partial charge in [-0.25, -0.2) is 10.2 Å². The summed E-state index contributed by atoms with van der Waals surface area (Å²) in [5.41, 5.74) is 4.64. The van der Waals surface area contributed by atoms with E-state index >= 15 is 0 Å². The van der Waals surface area contributed by atoms with Crippen molar-refractivity contribution in [2.45, 2.75) is 33.8 Å². The molecule has 206 valence electrons. The maximum absolute atomic E-state index is 12.8. The van der Waals surface area contributed by atoms with Crippen molar-refractivity contribution in [3.8, 4) is 17.2 Å². The number of benzene rings is 2. The standard InChI is InChI=1S/C28H31N3O7S/c1-7-37-28(34)24-16(2)18(4)39-27(24)30-26(33)20-9-11-21(12-10-20)38-17(3)25(32)31-29-15-19-8-13-22(35-5)23(14-19)36-6/h8-15,17H,7H2,1-6H3,(H,30,33)(H,31,32)/b29-15-/t17-/m0/s1. The number of anilines is 1. The summed E-state index contributed by atoms with van der Waals surface area (Å²) in [7, 11) is 3.08. The van der Waals surface area contributed by atoms with E-state index in [4.69, 9.17) is 18.9 Å². The second-order valence-corrected chi connectivity index (χ2v) is 9.52. The summed E-state index contributed by atoms with van der Waals surface area (Å²) in [6.07, 6.45) is 0.626. The van der Waals surface area contributed by atoms with Gasteiger partial charge in [0, 0.05) is 10.4 Å². The van der Waals surface area contributed by atoms with Crippen LogP contribution in [0.5, 0.6) is 17.2 Å². The summed E-state index contributed by atoms with van der Waals surface area (Å²) < 4.78 is 21.3. The van der Waals surface area contributed by atoms with Crippen LogP contribution in [0.4, 0.5) is 5.00 Å². The van der Waals surface area contributed by atoms with Gasteiger partial charge in [0.1, 0.15) is 10.8 Å². The smallest absolute Gasteiger partial charge is 0.341 e. The number of nitrogens with one attached hydrogen (secondary N) is 2. The Balaban J connectivity index is 1.58. The molecule has 0 aliphatic rings. The number of carbonyl (C=O) groups is 3. The number of hydrogen-bond donors (Lipinski definition) is 2. The maximum Gasteiger partial charge on any atom is 0.341 e. The van der Waals surface area contributed by atoms with Crippen LogP contribution in [-0.2, 0) is 9.53 Å². The third kappa shape index (κ3) is 7.35. The largest absolute Gasteiger partial charge is 0.493 e. The minimum atomic E-state index is -0.851. The molecule has 0 aliphatic carbocycles. The average Bonchev–Trinajstić information content (AvgIpc) is 3.21. The molecule has 0 aliphatic heterocycles. The van der Waals surface area contributed by atoms with Crippen molar-refractivity contribution in [1.82, 2.24) is 5.43 Å². The lowest BCUT2D eigenvalue weighted by Gasteiger charge is -2.13. The van der Waals surface area contributed by atoms with Gasteiger partial charge in [0.05, 0.1) is 32.6 Å². The van der Waals surface area contributed by atoms with Crippen molar-refractivity contribution in [3.63, 3.8) is 0 Å². The lowest BCUT2D eigenvalue weighted by molar-refractivity contribution is -0.127. The zero-order valence-electron chi connectivity index (χ0n) is 22.6. The number of carbonyl (C=O) groups excluding carboxylic acids is 3. The molecular formula is C28H31N3O7S. The van der Waals surface area contributed by atoms with Crippen LogP contribution in [0.3, 0.4) is 0 Å². The van der Waals surface area contributed by atoms with Crippen LogP contribution in [0.1, 0.15) is 50.6 Å². The van der Waals surface area contributed by atoms with E-state index in [-0.39, 0.29) is 12.5 Å². The summed E-state index contributed by atoms with van der Waals surface area (Å²) in [4.78, 5) is 38.5. The van der Waals surface area contributed by atoms with Gasteiger partial charge < -0.3 is 24.3 Å². The van der Waals surface area contributed by atoms with Crippen molar-refractivity contribution in [2.75, 3.05) is 26.1 Å². The van der Waals surface area contributed by atoms with Gasteiger partial charge in [-0.15, -0.1) is 11.3 Å². The minimum absolute atomic E-state index is 0.239. The van der Waals surface area contributed by atoms with Gasteiger partial charge in [-0.2, -0.15) is 5.10 Å². The Hall–Kier alpha value is -4.38. The zero-order valence-corrected chi connectivity index (χ0v) is 23.4. The molecule has 2 amide bonds. The van der Waals surface area contributed by atoms with Gasteiger partial charge in [0.25, 0.3) is 11.8 Å². The van der Waals surface area contributed by atoms with Crippen molar-refractivity contribution in [1.29, 1.82) is 0 Å². The number of hydrogen-bond acceptors (Lipinski definition) is 9. The first kappa shape index (κ1) is 29.2. The molecule has 0 unspecified atom stereocenters. The summed E-state index contributed by atoms with van der Waals surface area (Å²) in [5.74, 6) is 0.211. The Labute approximate surface area is 230 Å². The normalized spacial score (nSPS) is 11.5. The second kappa shape index (κ2) is 13.4. The van der Waals surface area contributed by atoms with Crippen LogP contribution >= 0.6 is 11.3 Å². The molecule has 0 fully saturated rings. The van der Waals surface area contributed by atoms with Gasteiger partial charge in [-0.3, -0.25) is 9.59 Å². The van der Waals surface area contributed by atoms with E-state index < -0.39 is 18.0 Å². The molecule has 0 radical (unpaired) electrons. The van der Waals surface area contributed by atoms with E-state index in [0.717, 1.165) is 10.4 Å². The predicted octanol–water partition coefficient (Wildman–Crippen LogP) is 4.73. The zero-order chi connectivity index (χ0) is 28.5. The first-order valence-electron chi connectivity index (χ1n) is 12.1. The molecular weight excluding hydrogens is 522 g/mol. The molecule has 0 bridgehead atoms. The minimum Gasteiger partial charge on any atom is -0.493 e. The van der Waals surface area contributed by atoms with Gasteiger partial charge in [-0.1, -0.05) is 0 Å². The first-order chi connectivity index (χ1) is 18.7. The van der Waals surface area contributed by atoms with Crippen molar-refractivity contribution in [2.24, 2.45) is 5.10 Å². The van der Waals surface area contributed by atoms with Crippen LogP contribution in [0.2, 0.25) is 0 Å². The molecule has 0 spiro atoms. The van der Waals surface area contributed by atoms with E-state index in [1.807, 2.05) is 13.8 Å². The maximum atomic E-state index is 12.8. The molecule has 2 aromatic carbocycles. The number of aryl methyl sites for hydroxylation is 1. The monoisotopic (exact) mass is 553 g/mol. The van der Waals surface area contributed by atoms with Crippen molar-refractivity contribution in [3.05, 3.63) is 69.6 Å². The van der Waals surface area contributed by atoms with Crippen molar-refractivity contribution < 1.29 is 33.3 Å². The van der Waals surface area contributed by atoms with E-state index in [2.05, 4.69) is 15.8 Å². The highest BCUT2D eigenvalue weighted by Gasteiger charge is 2.22. The molecule has 0 saturated heterocycles. The number of hydrazone groups is 1. The molecule has 11 heteroatoms. The van der Waals surface area contributed by atoms with Gasteiger partial charge in [0.15, 0.2) is 17.6 Å². The van der Waals surface area contributed by atoms with Gasteiger partial charge in [-0.05, 0) is 81.3 Å². The molecule has 3 aromatic rings. The fraction of sp³-hybridized carbons (Fsp3) is 0.286. The van der Waals surface area contributed by atoms with Crippen LogP contribution < -0.4 is 25.0 Å². The number of thiophene rings is 1. The lowest BCUT2D eigenvalue weighted by atomic mass is 10.1. The third-order valence-corrected chi connectivity index (χ3v) is 6.81. The summed E-state index contributed by atoms with van der Waals surface area (Å²) >= 11 is 1.32. The Morgan fingerprint density at radius 2 is 1.72 bits per heavy atom. The number of nitrogens with zero attached hydrogens (tertiary/aromatic N) is 1. The predicted molar refractivity (Wildman–Crippen MR) is 150 cm³/mol. The van der Waals surface area contributed by atoms with Gasteiger partial charge >= 0.3 is 5.97 Å². The quantitative estimate of drug-likeness (QED) is 0.200. The Bertz CT molecular complexity index is 1370. The highest BCUT2D eigenvalue weighted by Crippen LogP contribution is 2.33. The topological polar surface area (TPSA) is 125 Å². The third-order valence-electron chi connectivity index (χ3n) is 5.69. The highest BCUT2D eigenvalue weighted by molar-refractivity contribution is 7.16. The van der Waals surface area contributed by atoms with Crippen LogP contribution in [0.25, 0.3) is 0 Å². The lowest BCUT2D eigenvalue weighted by Crippen LogP contribution is -2.33. The highest BCUT2D eigenvalue weighted by atomic mass is 32.1. The Kier molecular flexibility index (Phi) is 10.0. The Morgan fingerprint density at radius 1 is 1.03 bits per heavy atom. The summed E-state index contributed by atoms with van der Waals surface area (Å²) in [6, 6.07) is 11.5. The molecule has 1 atom stereocenters. The number of esters is 1. The van der Waals surface area contributed by atoms with E-state index in [9.17, 15) is 14.4 Å². The fourth-order valence-electron chi connectivity index (χ4n) is 3.48. The molecule has 1 aromatic heterocycles. The number of amides is 2. The Morgan fingerprint density at radius 3 is 2.36 bits per heavy atom. The fourth-order valence-corrected chi connectivity index (χ4v) is 4.52. The second-order valence-electron chi connectivity index (χ2n) is 8.30.